The van der Waals surface area contributed by atoms with E-state index in [1.807, 2.05) is 32.9 Å². The van der Waals surface area contributed by atoms with Gasteiger partial charge in [0.15, 0.2) is 0 Å². The SMILES string of the molecule is Cc1cc(C)c(NC(=O)CNC(=O)C(C)n2cccn2)c(C)c1. The van der Waals surface area contributed by atoms with Gasteiger partial charge in [-0.05, 0) is 44.9 Å². The van der Waals surface area contributed by atoms with Crippen LogP contribution < -0.4 is 10.6 Å². The minimum atomic E-state index is -0.458. The maximum absolute atomic E-state index is 12.1. The molecule has 1 atom stereocenters. The normalized spacial score (nSPS) is 11.8. The van der Waals surface area contributed by atoms with Gasteiger partial charge in [-0.3, -0.25) is 14.3 Å². The molecule has 2 amide bonds. The molecule has 0 saturated carbocycles. The van der Waals surface area contributed by atoms with E-state index in [9.17, 15) is 9.59 Å². The lowest BCUT2D eigenvalue weighted by atomic mass is 10.1. The predicted molar refractivity (Wildman–Crippen MR) is 89.2 cm³/mol. The monoisotopic (exact) mass is 314 g/mol. The number of rotatable bonds is 5. The molecular formula is C17H22N4O2. The largest absolute Gasteiger partial charge is 0.345 e. The Morgan fingerprint density at radius 1 is 1.22 bits per heavy atom. The van der Waals surface area contributed by atoms with Crippen LogP contribution in [0.4, 0.5) is 5.69 Å². The van der Waals surface area contributed by atoms with Gasteiger partial charge in [-0.15, -0.1) is 0 Å². The van der Waals surface area contributed by atoms with Crippen molar-refractivity contribution < 1.29 is 9.59 Å². The third-order valence-electron chi connectivity index (χ3n) is 3.67. The van der Waals surface area contributed by atoms with Crippen LogP contribution in [0.25, 0.3) is 0 Å². The molecular weight excluding hydrogens is 292 g/mol. The fraction of sp³-hybridized carbons (Fsp3) is 0.353. The Morgan fingerprint density at radius 2 is 1.87 bits per heavy atom. The van der Waals surface area contributed by atoms with E-state index in [4.69, 9.17) is 0 Å². The molecule has 0 saturated heterocycles. The molecule has 2 aromatic rings. The molecule has 6 nitrogen and oxygen atoms in total. The Balaban J connectivity index is 1.92. The van der Waals surface area contributed by atoms with Crippen LogP contribution in [0.3, 0.4) is 0 Å². The van der Waals surface area contributed by atoms with E-state index in [0.717, 1.165) is 22.4 Å². The summed E-state index contributed by atoms with van der Waals surface area (Å²) in [5, 5.41) is 9.51. The van der Waals surface area contributed by atoms with Gasteiger partial charge in [0.25, 0.3) is 0 Å². The standard InChI is InChI=1S/C17H22N4O2/c1-11-8-12(2)16(13(3)9-11)20-15(22)10-18-17(23)14(4)21-7-5-6-19-21/h5-9,14H,10H2,1-4H3,(H,18,23)(H,20,22). The highest BCUT2D eigenvalue weighted by molar-refractivity contribution is 5.96. The zero-order chi connectivity index (χ0) is 17.0. The van der Waals surface area contributed by atoms with Crippen molar-refractivity contribution >= 4 is 17.5 Å². The van der Waals surface area contributed by atoms with E-state index in [1.165, 1.54) is 0 Å². The van der Waals surface area contributed by atoms with E-state index >= 15 is 0 Å². The van der Waals surface area contributed by atoms with Crippen LogP contribution in [0.1, 0.15) is 29.7 Å². The Hall–Kier alpha value is -2.63. The number of carbonyl (C=O) groups is 2. The van der Waals surface area contributed by atoms with Crippen molar-refractivity contribution in [2.45, 2.75) is 33.7 Å². The second-order valence-electron chi connectivity index (χ2n) is 5.70. The zero-order valence-electron chi connectivity index (χ0n) is 13.9. The number of amides is 2. The highest BCUT2D eigenvalue weighted by Gasteiger charge is 2.16. The third-order valence-corrected chi connectivity index (χ3v) is 3.67. The van der Waals surface area contributed by atoms with Crippen LogP contribution in [-0.4, -0.2) is 28.1 Å². The van der Waals surface area contributed by atoms with E-state index in [2.05, 4.69) is 15.7 Å². The molecule has 0 fully saturated rings. The number of carbonyl (C=O) groups excluding carboxylic acids is 2. The van der Waals surface area contributed by atoms with E-state index < -0.39 is 6.04 Å². The fourth-order valence-electron chi connectivity index (χ4n) is 2.51. The van der Waals surface area contributed by atoms with Gasteiger partial charge >= 0.3 is 0 Å². The predicted octanol–water partition coefficient (Wildman–Crippen LogP) is 2.12. The molecule has 23 heavy (non-hydrogen) atoms. The number of anilines is 1. The molecule has 1 unspecified atom stereocenters. The fourth-order valence-corrected chi connectivity index (χ4v) is 2.51. The topological polar surface area (TPSA) is 76.0 Å². The summed E-state index contributed by atoms with van der Waals surface area (Å²) in [6.07, 6.45) is 3.32. The van der Waals surface area contributed by atoms with Crippen molar-refractivity contribution in [3.8, 4) is 0 Å². The highest BCUT2D eigenvalue weighted by Crippen LogP contribution is 2.21. The molecule has 0 spiro atoms. The van der Waals surface area contributed by atoms with E-state index in [-0.39, 0.29) is 18.4 Å². The minimum Gasteiger partial charge on any atom is -0.345 e. The first-order valence-electron chi connectivity index (χ1n) is 7.53. The Bertz CT molecular complexity index is 684. The van der Waals surface area contributed by atoms with Crippen LogP contribution in [-0.2, 0) is 9.59 Å². The Morgan fingerprint density at radius 3 is 2.43 bits per heavy atom. The van der Waals surface area contributed by atoms with Crippen molar-refractivity contribution in [2.75, 3.05) is 11.9 Å². The van der Waals surface area contributed by atoms with Crippen molar-refractivity contribution in [1.29, 1.82) is 0 Å². The third kappa shape index (κ3) is 4.18. The van der Waals surface area contributed by atoms with Gasteiger partial charge in [-0.2, -0.15) is 5.10 Å². The average molecular weight is 314 g/mol. The summed E-state index contributed by atoms with van der Waals surface area (Å²) in [5.41, 5.74) is 3.97. The molecule has 2 N–H and O–H groups in total. The first-order valence-corrected chi connectivity index (χ1v) is 7.53. The Labute approximate surface area is 135 Å². The van der Waals surface area contributed by atoms with Crippen LogP contribution in [0.2, 0.25) is 0 Å². The summed E-state index contributed by atoms with van der Waals surface area (Å²) in [6, 6.07) is 5.32. The number of hydrogen-bond acceptors (Lipinski definition) is 3. The first kappa shape index (κ1) is 16.7. The number of aromatic nitrogens is 2. The van der Waals surface area contributed by atoms with Crippen molar-refractivity contribution in [1.82, 2.24) is 15.1 Å². The lowest BCUT2D eigenvalue weighted by molar-refractivity contribution is -0.126. The number of benzene rings is 1. The number of hydrogen-bond donors (Lipinski definition) is 2. The van der Waals surface area contributed by atoms with Gasteiger partial charge < -0.3 is 10.6 Å². The minimum absolute atomic E-state index is 0.0722. The molecule has 1 aromatic carbocycles. The van der Waals surface area contributed by atoms with Gasteiger partial charge in [-0.25, -0.2) is 0 Å². The highest BCUT2D eigenvalue weighted by atomic mass is 16.2. The molecule has 1 aromatic heterocycles. The Kier molecular flexibility index (Phi) is 5.16. The van der Waals surface area contributed by atoms with Crippen molar-refractivity contribution in [2.24, 2.45) is 0 Å². The molecule has 0 bridgehead atoms. The van der Waals surface area contributed by atoms with Crippen LogP contribution in [0.5, 0.6) is 0 Å². The van der Waals surface area contributed by atoms with Crippen LogP contribution in [0.15, 0.2) is 30.6 Å². The van der Waals surface area contributed by atoms with E-state index in [0.29, 0.717) is 0 Å². The van der Waals surface area contributed by atoms with Gasteiger partial charge in [0.1, 0.15) is 6.04 Å². The lowest BCUT2D eigenvalue weighted by Crippen LogP contribution is -2.37. The molecule has 0 aliphatic heterocycles. The van der Waals surface area contributed by atoms with Crippen molar-refractivity contribution in [3.63, 3.8) is 0 Å². The molecule has 0 radical (unpaired) electrons. The zero-order valence-corrected chi connectivity index (χ0v) is 13.9. The lowest BCUT2D eigenvalue weighted by Gasteiger charge is -2.15. The molecule has 1 heterocycles. The smallest absolute Gasteiger partial charge is 0.245 e. The number of nitrogens with zero attached hydrogens (tertiary/aromatic N) is 2. The van der Waals surface area contributed by atoms with Crippen LogP contribution >= 0.6 is 0 Å². The van der Waals surface area contributed by atoms with Crippen molar-refractivity contribution in [3.05, 3.63) is 47.3 Å². The van der Waals surface area contributed by atoms with Gasteiger partial charge in [0.2, 0.25) is 11.8 Å². The summed E-state index contributed by atoms with van der Waals surface area (Å²) < 4.78 is 1.54. The number of nitrogens with one attached hydrogen (secondary N) is 2. The van der Waals surface area contributed by atoms with Gasteiger partial charge in [-0.1, -0.05) is 17.7 Å². The first-order chi connectivity index (χ1) is 10.9. The quantitative estimate of drug-likeness (QED) is 0.887. The average Bonchev–Trinajstić information content (AvgIpc) is 3.01. The molecule has 6 heteroatoms. The molecule has 122 valence electrons. The summed E-state index contributed by atoms with van der Waals surface area (Å²) in [4.78, 5) is 24.1. The molecule has 0 aliphatic rings. The molecule has 0 aliphatic carbocycles. The summed E-state index contributed by atoms with van der Waals surface area (Å²) in [5.74, 6) is -0.498. The second-order valence-corrected chi connectivity index (χ2v) is 5.70. The number of aryl methyl sites for hydroxylation is 3. The van der Waals surface area contributed by atoms with Gasteiger partial charge in [0, 0.05) is 18.1 Å². The maximum atomic E-state index is 12.1. The van der Waals surface area contributed by atoms with E-state index in [1.54, 1.807) is 30.1 Å². The summed E-state index contributed by atoms with van der Waals surface area (Å²) in [6.45, 7) is 7.58. The molecule has 2 rings (SSSR count). The van der Waals surface area contributed by atoms with Gasteiger partial charge in [0.05, 0.1) is 6.54 Å². The maximum Gasteiger partial charge on any atom is 0.245 e. The second kappa shape index (κ2) is 7.09. The summed E-state index contributed by atoms with van der Waals surface area (Å²) in [7, 11) is 0. The summed E-state index contributed by atoms with van der Waals surface area (Å²) >= 11 is 0. The van der Waals surface area contributed by atoms with Crippen LogP contribution in [0, 0.1) is 20.8 Å².